The second-order valence-corrected chi connectivity index (χ2v) is 10.7. The van der Waals surface area contributed by atoms with Crippen molar-refractivity contribution in [3.05, 3.63) is 101 Å². The second-order valence-electron chi connectivity index (χ2n) is 10.7. The van der Waals surface area contributed by atoms with E-state index in [4.69, 9.17) is 28.7 Å². The van der Waals surface area contributed by atoms with Crippen molar-refractivity contribution in [3.8, 4) is 17.2 Å². The number of hydrogen-bond donors (Lipinski definition) is 0. The number of carbonyl (C=O) groups excluding carboxylic acids is 2. The van der Waals surface area contributed by atoms with E-state index in [0.717, 1.165) is 16.7 Å². The SMILES string of the molecule is COCCOC(=O)C1C(C)=NC2=C(C(=O)C[C@@H](c3ccc(OC)c(OC)c3)C2)[C@@H]1c1ccccc1OCc1ccccc1. The molecule has 2 aliphatic rings. The maximum absolute atomic E-state index is 14.1. The average Bonchev–Trinajstić information content (AvgIpc) is 3.03. The molecule has 0 bridgehead atoms. The highest BCUT2D eigenvalue weighted by Crippen LogP contribution is 2.49. The zero-order valence-corrected chi connectivity index (χ0v) is 25.0. The number of ether oxygens (including phenoxy) is 5. The predicted molar refractivity (Wildman–Crippen MR) is 163 cm³/mol. The Kier molecular flexibility index (Phi) is 9.57. The van der Waals surface area contributed by atoms with Gasteiger partial charge in [0.2, 0.25) is 0 Å². The van der Waals surface area contributed by atoms with Crippen LogP contribution in [-0.4, -0.2) is 52.0 Å². The summed E-state index contributed by atoms with van der Waals surface area (Å²) in [6.45, 7) is 2.56. The molecule has 1 aliphatic heterocycles. The Balaban J connectivity index is 1.54. The van der Waals surface area contributed by atoms with Crippen LogP contribution in [0.1, 0.15) is 48.3 Å². The number of benzene rings is 3. The topological polar surface area (TPSA) is 92.7 Å². The van der Waals surface area contributed by atoms with E-state index in [0.29, 0.717) is 47.3 Å². The van der Waals surface area contributed by atoms with Crippen LogP contribution in [0.4, 0.5) is 0 Å². The van der Waals surface area contributed by atoms with Crippen LogP contribution < -0.4 is 14.2 Å². The van der Waals surface area contributed by atoms with E-state index in [1.54, 1.807) is 21.3 Å². The highest BCUT2D eigenvalue weighted by molar-refractivity contribution is 6.09. The van der Waals surface area contributed by atoms with Gasteiger partial charge in [-0.15, -0.1) is 0 Å². The van der Waals surface area contributed by atoms with Gasteiger partial charge in [0.15, 0.2) is 17.3 Å². The van der Waals surface area contributed by atoms with Gasteiger partial charge in [-0.1, -0.05) is 54.6 Å². The summed E-state index contributed by atoms with van der Waals surface area (Å²) in [6, 6.07) is 23.2. The number of ketones is 1. The first-order chi connectivity index (χ1) is 20.9. The Hall–Kier alpha value is -4.43. The Morgan fingerprint density at radius 1 is 0.860 bits per heavy atom. The van der Waals surface area contributed by atoms with Gasteiger partial charge in [-0.25, -0.2) is 0 Å². The molecule has 3 aromatic carbocycles. The molecule has 1 unspecified atom stereocenters. The van der Waals surface area contributed by atoms with Gasteiger partial charge in [0.05, 0.1) is 20.8 Å². The summed E-state index contributed by atoms with van der Waals surface area (Å²) in [6.07, 6.45) is 0.820. The molecular weight excluding hydrogens is 546 g/mol. The van der Waals surface area contributed by atoms with Crippen molar-refractivity contribution in [2.24, 2.45) is 10.9 Å². The third-order valence-electron chi connectivity index (χ3n) is 8.04. The van der Waals surface area contributed by atoms with Crippen molar-refractivity contribution < 1.29 is 33.3 Å². The Labute approximate surface area is 252 Å². The number of para-hydroxylation sites is 1. The summed E-state index contributed by atoms with van der Waals surface area (Å²) in [5.41, 5.74) is 4.58. The largest absolute Gasteiger partial charge is 0.493 e. The maximum atomic E-state index is 14.1. The van der Waals surface area contributed by atoms with Crippen LogP contribution >= 0.6 is 0 Å². The molecule has 0 N–H and O–H groups in total. The fraction of sp³-hybridized carbons (Fsp3) is 0.343. The molecule has 8 heteroatoms. The molecule has 0 saturated heterocycles. The van der Waals surface area contributed by atoms with Crippen LogP contribution in [0.15, 0.2) is 89.1 Å². The van der Waals surface area contributed by atoms with E-state index in [9.17, 15) is 9.59 Å². The lowest BCUT2D eigenvalue weighted by atomic mass is 9.69. The van der Waals surface area contributed by atoms with Crippen LogP contribution in [-0.2, 0) is 25.7 Å². The van der Waals surface area contributed by atoms with Gasteiger partial charge < -0.3 is 23.7 Å². The van der Waals surface area contributed by atoms with Gasteiger partial charge in [-0.3, -0.25) is 14.6 Å². The Morgan fingerprint density at radius 3 is 2.35 bits per heavy atom. The van der Waals surface area contributed by atoms with E-state index in [-0.39, 0.29) is 31.3 Å². The number of allylic oxidation sites excluding steroid dienone is 2. The number of Topliss-reactive ketones (excluding diaryl/α,β-unsaturated/α-hetero) is 1. The van der Waals surface area contributed by atoms with Crippen LogP contribution in [0.3, 0.4) is 0 Å². The number of carbonyl (C=O) groups is 2. The quantitative estimate of drug-likeness (QED) is 0.201. The number of hydrogen-bond acceptors (Lipinski definition) is 8. The number of aliphatic imine (C=N–C) groups is 1. The monoisotopic (exact) mass is 583 g/mol. The molecule has 3 atom stereocenters. The maximum Gasteiger partial charge on any atom is 0.315 e. The molecule has 0 aromatic heterocycles. The summed E-state index contributed by atoms with van der Waals surface area (Å²) in [5, 5.41) is 0. The Bertz CT molecular complexity index is 1530. The van der Waals surface area contributed by atoms with Crippen LogP contribution in [0.2, 0.25) is 0 Å². The lowest BCUT2D eigenvalue weighted by Crippen LogP contribution is -2.38. The van der Waals surface area contributed by atoms with Crippen molar-refractivity contribution >= 4 is 17.5 Å². The van der Waals surface area contributed by atoms with E-state index >= 15 is 0 Å². The second kappa shape index (κ2) is 13.7. The van der Waals surface area contributed by atoms with Crippen molar-refractivity contribution in [1.82, 2.24) is 0 Å². The molecule has 5 rings (SSSR count). The first kappa shape index (κ1) is 30.0. The minimum Gasteiger partial charge on any atom is -0.493 e. The van der Waals surface area contributed by atoms with Crippen molar-refractivity contribution in [3.63, 3.8) is 0 Å². The molecule has 0 saturated carbocycles. The van der Waals surface area contributed by atoms with Crippen LogP contribution in [0.5, 0.6) is 17.2 Å². The Morgan fingerprint density at radius 2 is 1.60 bits per heavy atom. The summed E-state index contributed by atoms with van der Waals surface area (Å²) >= 11 is 0. The average molecular weight is 584 g/mol. The fourth-order valence-electron chi connectivity index (χ4n) is 5.96. The van der Waals surface area contributed by atoms with Crippen molar-refractivity contribution in [1.29, 1.82) is 0 Å². The van der Waals surface area contributed by atoms with E-state index in [2.05, 4.69) is 0 Å². The first-order valence-corrected chi connectivity index (χ1v) is 14.4. The summed E-state index contributed by atoms with van der Waals surface area (Å²) < 4.78 is 28.0. The standard InChI is InChI=1S/C35H37NO7/c1-22-32(35(38)42-17-16-39-2)33(26-12-8-9-13-29(26)43-21-23-10-6-5-7-11-23)34-27(36-22)18-25(19-28(34)37)24-14-15-30(40-3)31(20-24)41-4/h5-15,20,25,32-33H,16-19,21H2,1-4H3/t25-,32?,33+/m0/s1. The van der Waals surface area contributed by atoms with Crippen LogP contribution in [0.25, 0.3) is 0 Å². The molecule has 43 heavy (non-hydrogen) atoms. The third kappa shape index (κ3) is 6.49. The molecule has 0 amide bonds. The van der Waals surface area contributed by atoms with Crippen molar-refractivity contribution in [2.75, 3.05) is 34.5 Å². The van der Waals surface area contributed by atoms with E-state index < -0.39 is 17.8 Å². The van der Waals surface area contributed by atoms with Crippen molar-refractivity contribution in [2.45, 2.75) is 38.2 Å². The van der Waals surface area contributed by atoms with Crippen LogP contribution in [0, 0.1) is 5.92 Å². The number of nitrogens with zero attached hydrogens (tertiary/aromatic N) is 1. The summed E-state index contributed by atoms with van der Waals surface area (Å²) in [5.74, 6) is -0.122. The minimum atomic E-state index is -0.779. The van der Waals surface area contributed by atoms with Gasteiger partial charge in [0.1, 0.15) is 24.9 Å². The lowest BCUT2D eigenvalue weighted by Gasteiger charge is -2.37. The summed E-state index contributed by atoms with van der Waals surface area (Å²) in [4.78, 5) is 32.6. The molecule has 0 radical (unpaired) electrons. The third-order valence-corrected chi connectivity index (χ3v) is 8.04. The first-order valence-electron chi connectivity index (χ1n) is 14.4. The fourth-order valence-corrected chi connectivity index (χ4v) is 5.96. The molecule has 224 valence electrons. The normalized spacial score (nSPS) is 19.8. The molecule has 1 heterocycles. The zero-order valence-electron chi connectivity index (χ0n) is 25.0. The van der Waals surface area contributed by atoms with E-state index in [1.807, 2.05) is 79.7 Å². The van der Waals surface area contributed by atoms with E-state index in [1.165, 1.54) is 0 Å². The lowest BCUT2D eigenvalue weighted by molar-refractivity contribution is -0.147. The zero-order chi connectivity index (χ0) is 30.3. The molecule has 3 aromatic rings. The van der Waals surface area contributed by atoms with Gasteiger partial charge >= 0.3 is 5.97 Å². The summed E-state index contributed by atoms with van der Waals surface area (Å²) in [7, 11) is 4.74. The van der Waals surface area contributed by atoms with Gasteiger partial charge in [-0.2, -0.15) is 0 Å². The minimum absolute atomic E-state index is 0.0464. The smallest absolute Gasteiger partial charge is 0.315 e. The van der Waals surface area contributed by atoms with Gasteiger partial charge in [-0.05, 0) is 48.6 Å². The molecular formula is C35H37NO7. The highest BCUT2D eigenvalue weighted by Gasteiger charge is 2.45. The molecule has 8 nitrogen and oxygen atoms in total. The number of esters is 1. The van der Waals surface area contributed by atoms with Gasteiger partial charge in [0.25, 0.3) is 0 Å². The molecule has 0 fully saturated rings. The predicted octanol–water partition coefficient (Wildman–Crippen LogP) is 6.05. The number of rotatable bonds is 11. The molecule has 0 spiro atoms. The highest BCUT2D eigenvalue weighted by atomic mass is 16.6. The molecule has 1 aliphatic carbocycles. The van der Waals surface area contributed by atoms with Gasteiger partial charge in [0, 0.05) is 42.0 Å². The number of methoxy groups -OCH3 is 3.